The molecule has 0 aromatic carbocycles. The molecule has 4 heteroatoms. The third-order valence-electron chi connectivity index (χ3n) is 1.53. The topological polar surface area (TPSA) is 38.1 Å². The number of aliphatic hydroxyl groups excluding tert-OH is 1. The van der Waals surface area contributed by atoms with Crippen LogP contribution in [0, 0.1) is 5.92 Å². The maximum Gasteiger partial charge on any atom is 0.0625 e. The van der Waals surface area contributed by atoms with Gasteiger partial charge in [-0.1, -0.05) is 6.92 Å². The van der Waals surface area contributed by atoms with Crippen molar-refractivity contribution in [3.05, 3.63) is 12.4 Å². The Labute approximate surface area is 76.8 Å². The molecule has 1 N–H and O–H groups in total. The molecule has 1 rings (SSSR count). The zero-order valence-electron chi connectivity index (χ0n) is 7.40. The van der Waals surface area contributed by atoms with Crippen LogP contribution in [0.15, 0.2) is 17.3 Å². The molecule has 1 unspecified atom stereocenters. The highest BCUT2D eigenvalue weighted by atomic mass is 32.2. The first-order valence-electron chi connectivity index (χ1n) is 3.94. The van der Waals surface area contributed by atoms with E-state index in [-0.39, 0.29) is 6.61 Å². The Morgan fingerprint density at radius 2 is 2.50 bits per heavy atom. The van der Waals surface area contributed by atoms with Crippen LogP contribution in [0.4, 0.5) is 0 Å². The van der Waals surface area contributed by atoms with E-state index in [1.807, 2.05) is 26.4 Å². The number of aryl methyl sites for hydroxylation is 1. The first kappa shape index (κ1) is 9.61. The van der Waals surface area contributed by atoms with Crippen molar-refractivity contribution in [1.29, 1.82) is 0 Å². The molecule has 0 amide bonds. The minimum Gasteiger partial charge on any atom is -0.396 e. The fourth-order valence-corrected chi connectivity index (χ4v) is 1.70. The summed E-state index contributed by atoms with van der Waals surface area (Å²) in [7, 11) is 1.90. The monoisotopic (exact) mass is 186 g/mol. The Hall–Kier alpha value is -0.480. The Kier molecular flexibility index (Phi) is 3.62. The predicted molar refractivity (Wildman–Crippen MR) is 50.2 cm³/mol. The number of aromatic nitrogens is 2. The summed E-state index contributed by atoms with van der Waals surface area (Å²) in [5.41, 5.74) is 0. The summed E-state index contributed by atoms with van der Waals surface area (Å²) in [6.07, 6.45) is 3.82. The van der Waals surface area contributed by atoms with Crippen molar-refractivity contribution in [2.75, 3.05) is 12.4 Å². The van der Waals surface area contributed by atoms with Crippen molar-refractivity contribution in [3.8, 4) is 0 Å². The minimum atomic E-state index is 0.257. The molecule has 68 valence electrons. The second-order valence-corrected chi connectivity index (χ2v) is 4.04. The van der Waals surface area contributed by atoms with Gasteiger partial charge in [0.15, 0.2) is 0 Å². The molecule has 0 aliphatic rings. The lowest BCUT2D eigenvalue weighted by Crippen LogP contribution is -2.02. The van der Waals surface area contributed by atoms with Gasteiger partial charge < -0.3 is 5.11 Å². The zero-order chi connectivity index (χ0) is 8.97. The summed E-state index contributed by atoms with van der Waals surface area (Å²) < 4.78 is 1.78. The molecule has 0 saturated carbocycles. The highest BCUT2D eigenvalue weighted by molar-refractivity contribution is 7.99. The molecule has 1 atom stereocenters. The number of thioether (sulfide) groups is 1. The van der Waals surface area contributed by atoms with Gasteiger partial charge in [0.05, 0.1) is 6.20 Å². The van der Waals surface area contributed by atoms with Gasteiger partial charge in [-0.3, -0.25) is 4.68 Å². The standard InChI is InChI=1S/C8H14N2OS/c1-7(5-11)6-12-8-3-9-10(2)4-8/h3-4,7,11H,5-6H2,1-2H3. The summed E-state index contributed by atoms with van der Waals surface area (Å²) >= 11 is 1.73. The summed E-state index contributed by atoms with van der Waals surface area (Å²) in [6.45, 7) is 2.29. The molecule has 0 fully saturated rings. The Morgan fingerprint density at radius 1 is 1.75 bits per heavy atom. The van der Waals surface area contributed by atoms with Crippen molar-refractivity contribution in [2.24, 2.45) is 13.0 Å². The number of hydrogen-bond donors (Lipinski definition) is 1. The van der Waals surface area contributed by atoms with E-state index in [1.54, 1.807) is 16.4 Å². The molecule has 0 saturated heterocycles. The minimum absolute atomic E-state index is 0.257. The van der Waals surface area contributed by atoms with Crippen LogP contribution in [-0.2, 0) is 7.05 Å². The lowest BCUT2D eigenvalue weighted by molar-refractivity contribution is 0.250. The highest BCUT2D eigenvalue weighted by Crippen LogP contribution is 2.18. The van der Waals surface area contributed by atoms with Crippen LogP contribution in [0.1, 0.15) is 6.92 Å². The molecular formula is C8H14N2OS. The average molecular weight is 186 g/mol. The van der Waals surface area contributed by atoms with Gasteiger partial charge in [0.1, 0.15) is 0 Å². The van der Waals surface area contributed by atoms with Crippen LogP contribution in [0.3, 0.4) is 0 Å². The van der Waals surface area contributed by atoms with Gasteiger partial charge in [-0.2, -0.15) is 5.10 Å². The third-order valence-corrected chi connectivity index (χ3v) is 2.81. The Balaban J connectivity index is 2.33. The summed E-state index contributed by atoms with van der Waals surface area (Å²) in [5, 5.41) is 12.8. The van der Waals surface area contributed by atoms with Crippen molar-refractivity contribution < 1.29 is 5.11 Å². The normalized spacial score (nSPS) is 13.2. The summed E-state index contributed by atoms with van der Waals surface area (Å²) in [4.78, 5) is 1.16. The average Bonchev–Trinajstić information content (AvgIpc) is 2.47. The second-order valence-electron chi connectivity index (χ2n) is 2.95. The van der Waals surface area contributed by atoms with E-state index in [0.29, 0.717) is 5.92 Å². The van der Waals surface area contributed by atoms with Crippen molar-refractivity contribution in [2.45, 2.75) is 11.8 Å². The van der Waals surface area contributed by atoms with Crippen LogP contribution >= 0.6 is 11.8 Å². The quantitative estimate of drug-likeness (QED) is 0.717. The lowest BCUT2D eigenvalue weighted by atomic mass is 10.2. The molecular weight excluding hydrogens is 172 g/mol. The SMILES string of the molecule is CC(CO)CSc1cnn(C)c1. The van der Waals surface area contributed by atoms with Crippen molar-refractivity contribution in [3.63, 3.8) is 0 Å². The van der Waals surface area contributed by atoms with E-state index in [0.717, 1.165) is 10.6 Å². The van der Waals surface area contributed by atoms with Crippen LogP contribution < -0.4 is 0 Å². The lowest BCUT2D eigenvalue weighted by Gasteiger charge is -2.04. The van der Waals surface area contributed by atoms with E-state index in [1.165, 1.54) is 0 Å². The first-order valence-corrected chi connectivity index (χ1v) is 4.93. The van der Waals surface area contributed by atoms with Crippen LogP contribution in [-0.4, -0.2) is 27.2 Å². The molecule has 0 spiro atoms. The van der Waals surface area contributed by atoms with Gasteiger partial charge in [0.2, 0.25) is 0 Å². The smallest absolute Gasteiger partial charge is 0.0625 e. The van der Waals surface area contributed by atoms with E-state index in [4.69, 9.17) is 5.11 Å². The fraction of sp³-hybridized carbons (Fsp3) is 0.625. The van der Waals surface area contributed by atoms with Crippen LogP contribution in [0.2, 0.25) is 0 Å². The van der Waals surface area contributed by atoms with E-state index >= 15 is 0 Å². The molecule has 0 radical (unpaired) electrons. The summed E-state index contributed by atoms with van der Waals surface area (Å²) in [6, 6.07) is 0. The third kappa shape index (κ3) is 2.87. The molecule has 1 heterocycles. The van der Waals surface area contributed by atoms with Gasteiger partial charge >= 0.3 is 0 Å². The van der Waals surface area contributed by atoms with Crippen molar-refractivity contribution >= 4 is 11.8 Å². The number of nitrogens with zero attached hydrogens (tertiary/aromatic N) is 2. The van der Waals surface area contributed by atoms with Gasteiger partial charge in [0, 0.05) is 30.5 Å². The van der Waals surface area contributed by atoms with Crippen LogP contribution in [0.5, 0.6) is 0 Å². The maximum absolute atomic E-state index is 8.78. The van der Waals surface area contributed by atoms with E-state index in [2.05, 4.69) is 5.10 Å². The van der Waals surface area contributed by atoms with Gasteiger partial charge in [-0.05, 0) is 5.92 Å². The van der Waals surface area contributed by atoms with E-state index in [9.17, 15) is 0 Å². The number of rotatable bonds is 4. The molecule has 0 aliphatic carbocycles. The number of aliphatic hydroxyl groups is 1. The molecule has 12 heavy (non-hydrogen) atoms. The van der Waals surface area contributed by atoms with Gasteiger partial charge in [0.25, 0.3) is 0 Å². The van der Waals surface area contributed by atoms with Gasteiger partial charge in [-0.25, -0.2) is 0 Å². The maximum atomic E-state index is 8.78. The van der Waals surface area contributed by atoms with Crippen LogP contribution in [0.25, 0.3) is 0 Å². The van der Waals surface area contributed by atoms with Gasteiger partial charge in [-0.15, -0.1) is 11.8 Å². The highest BCUT2D eigenvalue weighted by Gasteiger charge is 2.02. The molecule has 0 bridgehead atoms. The molecule has 1 aromatic heterocycles. The predicted octanol–water partition coefficient (Wildman–Crippen LogP) is 1.14. The molecule has 3 nitrogen and oxygen atoms in total. The summed E-state index contributed by atoms with van der Waals surface area (Å²) in [5.74, 6) is 1.30. The number of hydrogen-bond acceptors (Lipinski definition) is 3. The zero-order valence-corrected chi connectivity index (χ0v) is 8.21. The second kappa shape index (κ2) is 4.52. The van der Waals surface area contributed by atoms with E-state index < -0.39 is 0 Å². The first-order chi connectivity index (χ1) is 5.72. The van der Waals surface area contributed by atoms with Crippen molar-refractivity contribution in [1.82, 2.24) is 9.78 Å². The Morgan fingerprint density at radius 3 is 3.00 bits per heavy atom. The molecule has 1 aromatic rings. The Bertz CT molecular complexity index is 237. The fourth-order valence-electron chi connectivity index (χ4n) is 0.765. The largest absolute Gasteiger partial charge is 0.396 e. The molecule has 0 aliphatic heterocycles.